The fraction of sp³-hybridized carbons (Fsp3) is 0.878. The molecule has 0 aliphatic carbocycles. The summed E-state index contributed by atoms with van der Waals surface area (Å²) in [6, 6.07) is -0.636. The first-order chi connectivity index (χ1) is 27.0. The van der Waals surface area contributed by atoms with Gasteiger partial charge in [-0.15, -0.1) is 0 Å². The van der Waals surface area contributed by atoms with Crippen molar-refractivity contribution in [2.45, 2.75) is 264 Å². The van der Waals surface area contributed by atoms with Gasteiger partial charge in [0.2, 0.25) is 5.91 Å². The van der Waals surface area contributed by atoms with Gasteiger partial charge in [0.05, 0.1) is 25.4 Å². The van der Waals surface area contributed by atoms with Crippen molar-refractivity contribution >= 4 is 11.9 Å². The first-order valence-corrected chi connectivity index (χ1v) is 24.1. The van der Waals surface area contributed by atoms with E-state index in [1.807, 2.05) is 6.08 Å². The first-order valence-electron chi connectivity index (χ1n) is 24.1. The zero-order valence-electron chi connectivity index (χ0n) is 36.7. The third-order valence-corrected chi connectivity index (χ3v) is 11.0. The SMILES string of the molecule is CCCCCC/C=C\CCCCCCCC(=O)OCCCCCCCCCCCCCCCC(=O)NC(CO)C(O)/C=C/CCCCCCCCCCCC. The van der Waals surface area contributed by atoms with Gasteiger partial charge in [0.15, 0.2) is 0 Å². The Labute approximate surface area is 341 Å². The highest BCUT2D eigenvalue weighted by atomic mass is 16.5. The summed E-state index contributed by atoms with van der Waals surface area (Å²) in [6.07, 6.45) is 51.6. The zero-order chi connectivity index (χ0) is 40.1. The highest BCUT2D eigenvalue weighted by Gasteiger charge is 2.18. The van der Waals surface area contributed by atoms with E-state index in [9.17, 15) is 19.8 Å². The van der Waals surface area contributed by atoms with Crippen LogP contribution in [0.5, 0.6) is 0 Å². The van der Waals surface area contributed by atoms with Crippen molar-refractivity contribution in [3.05, 3.63) is 24.3 Å². The Kier molecular flexibility index (Phi) is 43.7. The highest BCUT2D eigenvalue weighted by molar-refractivity contribution is 5.76. The molecule has 3 N–H and O–H groups in total. The lowest BCUT2D eigenvalue weighted by Crippen LogP contribution is -2.45. The van der Waals surface area contributed by atoms with Crippen molar-refractivity contribution in [2.24, 2.45) is 0 Å². The number of carbonyl (C=O) groups excluding carboxylic acids is 2. The second-order valence-electron chi connectivity index (χ2n) is 16.4. The van der Waals surface area contributed by atoms with E-state index >= 15 is 0 Å². The molecule has 0 aliphatic heterocycles. The Balaban J connectivity index is 3.49. The number of ether oxygens (including phenoxy) is 1. The fourth-order valence-electron chi connectivity index (χ4n) is 7.21. The molecule has 0 radical (unpaired) electrons. The number of unbranched alkanes of at least 4 members (excludes halogenated alkanes) is 31. The number of rotatable bonds is 44. The highest BCUT2D eigenvalue weighted by Crippen LogP contribution is 2.15. The van der Waals surface area contributed by atoms with Crippen molar-refractivity contribution in [1.82, 2.24) is 5.32 Å². The lowest BCUT2D eigenvalue weighted by Gasteiger charge is -2.20. The summed E-state index contributed by atoms with van der Waals surface area (Å²) in [5.41, 5.74) is 0. The molecule has 0 rings (SSSR count). The third kappa shape index (κ3) is 41.8. The average Bonchev–Trinajstić information content (AvgIpc) is 3.18. The molecule has 0 fully saturated rings. The van der Waals surface area contributed by atoms with Crippen molar-refractivity contribution in [2.75, 3.05) is 13.2 Å². The molecule has 2 atom stereocenters. The molecule has 55 heavy (non-hydrogen) atoms. The van der Waals surface area contributed by atoms with Gasteiger partial charge in [-0.05, 0) is 57.8 Å². The molecule has 0 bridgehead atoms. The number of aliphatic hydroxyl groups excluding tert-OH is 2. The van der Waals surface area contributed by atoms with Crippen molar-refractivity contribution in [1.29, 1.82) is 0 Å². The van der Waals surface area contributed by atoms with E-state index in [1.165, 1.54) is 167 Å². The Bertz CT molecular complexity index is 858. The molecule has 1 amide bonds. The summed E-state index contributed by atoms with van der Waals surface area (Å²) >= 11 is 0. The van der Waals surface area contributed by atoms with Gasteiger partial charge in [0, 0.05) is 12.8 Å². The number of nitrogens with one attached hydrogen (secondary N) is 1. The summed E-state index contributed by atoms with van der Waals surface area (Å²) in [4.78, 5) is 24.4. The van der Waals surface area contributed by atoms with Crippen molar-refractivity contribution in [3.63, 3.8) is 0 Å². The minimum Gasteiger partial charge on any atom is -0.466 e. The fourth-order valence-corrected chi connectivity index (χ4v) is 7.21. The largest absolute Gasteiger partial charge is 0.466 e. The van der Waals surface area contributed by atoms with Crippen LogP contribution in [0.1, 0.15) is 251 Å². The minimum atomic E-state index is -0.851. The molecular weight excluding hydrogens is 683 g/mol. The van der Waals surface area contributed by atoms with E-state index < -0.39 is 12.1 Å². The molecule has 2 unspecified atom stereocenters. The molecule has 0 aliphatic rings. The predicted molar refractivity (Wildman–Crippen MR) is 236 cm³/mol. The summed E-state index contributed by atoms with van der Waals surface area (Å²) in [6.45, 7) is 4.84. The normalized spacial score (nSPS) is 12.9. The number of carbonyl (C=O) groups is 2. The van der Waals surface area contributed by atoms with Gasteiger partial charge in [0.1, 0.15) is 0 Å². The van der Waals surface area contributed by atoms with Gasteiger partial charge in [-0.3, -0.25) is 9.59 Å². The quantitative estimate of drug-likeness (QED) is 0.0325. The standard InChI is InChI=1S/C49H93NO5/c1-3-5-7-9-11-13-15-18-23-27-31-35-39-43-49(54)55-44-40-36-32-28-24-20-17-19-22-26-30-34-38-42-48(53)50-46(45-51)47(52)41-37-33-29-25-21-16-14-12-10-8-6-4-2/h13,15,37,41,46-47,51-52H,3-12,14,16-36,38-40,42-45H2,1-2H3,(H,50,53)/b15-13-,41-37+. The van der Waals surface area contributed by atoms with Gasteiger partial charge in [-0.2, -0.15) is 0 Å². The van der Waals surface area contributed by atoms with Gasteiger partial charge in [-0.1, -0.05) is 205 Å². The number of aliphatic hydroxyl groups is 2. The molecule has 0 aromatic rings. The number of esters is 1. The van der Waals surface area contributed by atoms with Crippen LogP contribution in [0.25, 0.3) is 0 Å². The lowest BCUT2D eigenvalue weighted by molar-refractivity contribution is -0.143. The summed E-state index contributed by atoms with van der Waals surface area (Å²) in [5.74, 6) is -0.0993. The van der Waals surface area contributed by atoms with Crippen LogP contribution >= 0.6 is 0 Å². The van der Waals surface area contributed by atoms with Gasteiger partial charge in [-0.25, -0.2) is 0 Å². The Morgan fingerprint density at radius 2 is 0.855 bits per heavy atom. The van der Waals surface area contributed by atoms with Crippen LogP contribution in [-0.2, 0) is 14.3 Å². The second-order valence-corrected chi connectivity index (χ2v) is 16.4. The second kappa shape index (κ2) is 45.0. The number of hydrogen-bond acceptors (Lipinski definition) is 5. The van der Waals surface area contributed by atoms with Gasteiger partial charge in [0.25, 0.3) is 0 Å². The lowest BCUT2D eigenvalue weighted by atomic mass is 10.0. The van der Waals surface area contributed by atoms with E-state index in [0.29, 0.717) is 19.4 Å². The van der Waals surface area contributed by atoms with Crippen molar-refractivity contribution in [3.8, 4) is 0 Å². The monoisotopic (exact) mass is 776 g/mol. The van der Waals surface area contributed by atoms with E-state index in [2.05, 4.69) is 31.3 Å². The maximum atomic E-state index is 12.4. The van der Waals surface area contributed by atoms with Crippen LogP contribution in [0.15, 0.2) is 24.3 Å². The molecular formula is C49H93NO5. The number of allylic oxidation sites excluding steroid dienone is 3. The molecule has 6 heteroatoms. The van der Waals surface area contributed by atoms with E-state index in [4.69, 9.17) is 4.74 Å². The average molecular weight is 776 g/mol. The smallest absolute Gasteiger partial charge is 0.305 e. The molecule has 0 saturated heterocycles. The topological polar surface area (TPSA) is 95.9 Å². The Morgan fingerprint density at radius 3 is 1.31 bits per heavy atom. The minimum absolute atomic E-state index is 0.0168. The van der Waals surface area contributed by atoms with Crippen LogP contribution in [0.2, 0.25) is 0 Å². The van der Waals surface area contributed by atoms with Gasteiger partial charge >= 0.3 is 5.97 Å². The van der Waals surface area contributed by atoms with Crippen LogP contribution < -0.4 is 5.32 Å². The van der Waals surface area contributed by atoms with Crippen LogP contribution in [0.4, 0.5) is 0 Å². The van der Waals surface area contributed by atoms with Crippen LogP contribution in [0.3, 0.4) is 0 Å². The molecule has 0 saturated carbocycles. The molecule has 0 aromatic carbocycles. The Morgan fingerprint density at radius 1 is 0.491 bits per heavy atom. The summed E-state index contributed by atoms with van der Waals surface area (Å²) < 4.78 is 5.44. The zero-order valence-corrected chi connectivity index (χ0v) is 36.7. The van der Waals surface area contributed by atoms with E-state index in [-0.39, 0.29) is 18.5 Å². The predicted octanol–water partition coefficient (Wildman–Crippen LogP) is 14.0. The molecule has 0 heterocycles. The van der Waals surface area contributed by atoms with Crippen LogP contribution in [-0.4, -0.2) is 47.4 Å². The molecule has 0 aromatic heterocycles. The van der Waals surface area contributed by atoms with Crippen molar-refractivity contribution < 1.29 is 24.5 Å². The maximum absolute atomic E-state index is 12.4. The van der Waals surface area contributed by atoms with Crippen LogP contribution in [0, 0.1) is 0 Å². The Hall–Kier alpha value is -1.66. The van der Waals surface area contributed by atoms with E-state index in [0.717, 1.165) is 57.8 Å². The molecule has 0 spiro atoms. The summed E-state index contributed by atoms with van der Waals surface area (Å²) in [5, 5.41) is 23.0. The molecule has 6 nitrogen and oxygen atoms in total. The molecule has 324 valence electrons. The summed E-state index contributed by atoms with van der Waals surface area (Å²) in [7, 11) is 0. The number of hydrogen-bond donors (Lipinski definition) is 3. The van der Waals surface area contributed by atoms with E-state index in [1.54, 1.807) is 6.08 Å². The maximum Gasteiger partial charge on any atom is 0.305 e. The number of amides is 1. The third-order valence-electron chi connectivity index (χ3n) is 11.0. The van der Waals surface area contributed by atoms with Gasteiger partial charge < -0.3 is 20.3 Å². The first kappa shape index (κ1) is 53.3.